The summed E-state index contributed by atoms with van der Waals surface area (Å²) in [6.45, 7) is 1.68. The number of nitrogens with zero attached hydrogens (tertiary/aromatic N) is 3. The van der Waals surface area contributed by atoms with Crippen molar-refractivity contribution in [1.82, 2.24) is 9.88 Å². The number of amides is 1. The molecule has 0 atom stereocenters. The predicted octanol–water partition coefficient (Wildman–Crippen LogP) is 4.01. The van der Waals surface area contributed by atoms with E-state index in [9.17, 15) is 10.1 Å². The quantitative estimate of drug-likeness (QED) is 0.714. The SMILES string of the molecule is N#Cc1ccc2nccc(-c3cccc(C(=O)N4CCCC4)c3)c2c1. The van der Waals surface area contributed by atoms with Gasteiger partial charge in [0.25, 0.3) is 5.91 Å². The highest BCUT2D eigenvalue weighted by Gasteiger charge is 2.19. The van der Waals surface area contributed by atoms with Crippen molar-refractivity contribution in [1.29, 1.82) is 5.26 Å². The van der Waals surface area contributed by atoms with Crippen molar-refractivity contribution in [2.45, 2.75) is 12.8 Å². The lowest BCUT2D eigenvalue weighted by molar-refractivity contribution is 0.0793. The molecular weight excluding hydrogens is 310 g/mol. The molecule has 2 heterocycles. The van der Waals surface area contributed by atoms with Gasteiger partial charge in [-0.15, -0.1) is 0 Å². The molecule has 1 amide bonds. The van der Waals surface area contributed by atoms with Crippen molar-refractivity contribution in [3.05, 3.63) is 65.9 Å². The van der Waals surface area contributed by atoms with Gasteiger partial charge in [-0.05, 0) is 60.4 Å². The Morgan fingerprint density at radius 1 is 1.08 bits per heavy atom. The Balaban J connectivity index is 1.80. The van der Waals surface area contributed by atoms with Crippen molar-refractivity contribution >= 4 is 16.8 Å². The average molecular weight is 327 g/mol. The summed E-state index contributed by atoms with van der Waals surface area (Å²) in [6, 6.07) is 17.3. The second-order valence-electron chi connectivity index (χ2n) is 6.28. The highest BCUT2D eigenvalue weighted by molar-refractivity contribution is 5.99. The monoisotopic (exact) mass is 327 g/mol. The molecule has 1 saturated heterocycles. The summed E-state index contributed by atoms with van der Waals surface area (Å²) in [5.41, 5.74) is 4.10. The minimum atomic E-state index is 0.0930. The molecule has 3 aromatic rings. The number of likely N-dealkylation sites (tertiary alicyclic amines) is 1. The van der Waals surface area contributed by atoms with Crippen LogP contribution >= 0.6 is 0 Å². The Labute approximate surface area is 146 Å². The zero-order valence-corrected chi connectivity index (χ0v) is 13.8. The van der Waals surface area contributed by atoms with E-state index < -0.39 is 0 Å². The van der Waals surface area contributed by atoms with Gasteiger partial charge in [0, 0.05) is 30.2 Å². The molecule has 4 nitrogen and oxygen atoms in total. The van der Waals surface area contributed by atoms with Crippen LogP contribution in [0.1, 0.15) is 28.8 Å². The van der Waals surface area contributed by atoms with Crippen LogP contribution in [0, 0.1) is 11.3 Å². The Hall–Kier alpha value is -3.19. The number of benzene rings is 2. The van der Waals surface area contributed by atoms with E-state index in [1.165, 1.54) is 0 Å². The molecule has 0 aliphatic carbocycles. The predicted molar refractivity (Wildman–Crippen MR) is 97.0 cm³/mol. The van der Waals surface area contributed by atoms with Gasteiger partial charge in [-0.25, -0.2) is 0 Å². The molecule has 1 aliphatic heterocycles. The Morgan fingerprint density at radius 3 is 2.72 bits per heavy atom. The van der Waals surface area contributed by atoms with Crippen LogP contribution in [-0.2, 0) is 0 Å². The lowest BCUT2D eigenvalue weighted by Gasteiger charge is -2.16. The van der Waals surface area contributed by atoms with E-state index >= 15 is 0 Å². The van der Waals surface area contributed by atoms with Gasteiger partial charge in [0.2, 0.25) is 0 Å². The van der Waals surface area contributed by atoms with Crippen LogP contribution < -0.4 is 0 Å². The molecule has 4 heteroatoms. The molecule has 0 bridgehead atoms. The number of hydrogen-bond acceptors (Lipinski definition) is 3. The maximum atomic E-state index is 12.7. The molecular formula is C21H17N3O. The van der Waals surface area contributed by atoms with Crippen molar-refractivity contribution < 1.29 is 4.79 Å². The van der Waals surface area contributed by atoms with E-state index in [0.717, 1.165) is 48.0 Å². The van der Waals surface area contributed by atoms with Crippen LogP contribution in [0.2, 0.25) is 0 Å². The first kappa shape index (κ1) is 15.3. The first-order valence-corrected chi connectivity index (χ1v) is 8.45. The first-order chi connectivity index (χ1) is 12.3. The second-order valence-corrected chi connectivity index (χ2v) is 6.28. The lowest BCUT2D eigenvalue weighted by atomic mass is 9.98. The third-order valence-electron chi connectivity index (χ3n) is 4.68. The van der Waals surface area contributed by atoms with E-state index in [1.54, 1.807) is 12.3 Å². The molecule has 122 valence electrons. The van der Waals surface area contributed by atoms with Crippen molar-refractivity contribution in [2.75, 3.05) is 13.1 Å². The van der Waals surface area contributed by atoms with Crippen LogP contribution in [0.15, 0.2) is 54.7 Å². The van der Waals surface area contributed by atoms with E-state index in [0.29, 0.717) is 11.1 Å². The van der Waals surface area contributed by atoms with Gasteiger partial charge in [0.15, 0.2) is 0 Å². The van der Waals surface area contributed by atoms with Crippen molar-refractivity contribution in [3.8, 4) is 17.2 Å². The normalized spacial score (nSPS) is 13.8. The fraction of sp³-hybridized carbons (Fsp3) is 0.190. The molecule has 0 spiro atoms. The first-order valence-electron chi connectivity index (χ1n) is 8.45. The summed E-state index contributed by atoms with van der Waals surface area (Å²) in [5, 5.41) is 10.1. The van der Waals surface area contributed by atoms with E-state index in [1.807, 2.05) is 47.4 Å². The lowest BCUT2D eigenvalue weighted by Crippen LogP contribution is -2.27. The van der Waals surface area contributed by atoms with Crippen molar-refractivity contribution in [3.63, 3.8) is 0 Å². The number of hydrogen-bond donors (Lipinski definition) is 0. The van der Waals surface area contributed by atoms with E-state index in [-0.39, 0.29) is 5.91 Å². The largest absolute Gasteiger partial charge is 0.339 e. The highest BCUT2D eigenvalue weighted by atomic mass is 16.2. The standard InChI is InChI=1S/C21H17N3O/c22-14-15-6-7-20-19(12-15)18(8-9-23-20)16-4-3-5-17(13-16)21(25)24-10-1-2-11-24/h3-9,12-13H,1-2,10-11H2. The summed E-state index contributed by atoms with van der Waals surface area (Å²) in [5.74, 6) is 0.0930. The minimum Gasteiger partial charge on any atom is -0.339 e. The molecule has 0 radical (unpaired) electrons. The van der Waals surface area contributed by atoms with Gasteiger partial charge in [0.1, 0.15) is 0 Å². The molecule has 1 aliphatic rings. The summed E-state index contributed by atoms with van der Waals surface area (Å²) >= 11 is 0. The number of pyridine rings is 1. The van der Waals surface area contributed by atoms with Crippen LogP contribution in [0.5, 0.6) is 0 Å². The van der Waals surface area contributed by atoms with Gasteiger partial charge >= 0.3 is 0 Å². The van der Waals surface area contributed by atoms with Crippen molar-refractivity contribution in [2.24, 2.45) is 0 Å². The molecule has 1 fully saturated rings. The number of nitriles is 1. The zero-order chi connectivity index (χ0) is 17.2. The molecule has 25 heavy (non-hydrogen) atoms. The maximum absolute atomic E-state index is 12.7. The second kappa shape index (κ2) is 6.37. The van der Waals surface area contributed by atoms with Gasteiger partial charge in [-0.3, -0.25) is 9.78 Å². The number of fused-ring (bicyclic) bond motifs is 1. The van der Waals surface area contributed by atoms with Crippen LogP contribution in [0.4, 0.5) is 0 Å². The number of carbonyl (C=O) groups is 1. The Bertz CT molecular complexity index is 997. The fourth-order valence-corrected chi connectivity index (χ4v) is 3.39. The molecule has 4 rings (SSSR count). The fourth-order valence-electron chi connectivity index (χ4n) is 3.39. The van der Waals surface area contributed by atoms with Gasteiger partial charge in [0.05, 0.1) is 17.1 Å². The topological polar surface area (TPSA) is 57.0 Å². The zero-order valence-electron chi connectivity index (χ0n) is 13.8. The average Bonchev–Trinajstić information content (AvgIpc) is 3.21. The van der Waals surface area contributed by atoms with Gasteiger partial charge in [-0.1, -0.05) is 12.1 Å². The van der Waals surface area contributed by atoms with Crippen LogP contribution in [-0.4, -0.2) is 28.9 Å². The molecule has 0 unspecified atom stereocenters. The number of rotatable bonds is 2. The minimum absolute atomic E-state index is 0.0930. The maximum Gasteiger partial charge on any atom is 0.253 e. The van der Waals surface area contributed by atoms with E-state index in [4.69, 9.17) is 0 Å². The van der Waals surface area contributed by atoms with Crippen LogP contribution in [0.25, 0.3) is 22.0 Å². The smallest absolute Gasteiger partial charge is 0.253 e. The molecule has 0 saturated carbocycles. The Kier molecular flexibility index (Phi) is 3.91. The van der Waals surface area contributed by atoms with Gasteiger partial charge < -0.3 is 4.90 Å². The number of carbonyl (C=O) groups excluding carboxylic acids is 1. The van der Waals surface area contributed by atoms with Crippen LogP contribution in [0.3, 0.4) is 0 Å². The van der Waals surface area contributed by atoms with E-state index in [2.05, 4.69) is 11.1 Å². The summed E-state index contributed by atoms with van der Waals surface area (Å²) in [4.78, 5) is 19.0. The molecule has 0 N–H and O–H groups in total. The van der Waals surface area contributed by atoms with Gasteiger partial charge in [-0.2, -0.15) is 5.26 Å². The third-order valence-corrected chi connectivity index (χ3v) is 4.68. The third kappa shape index (κ3) is 2.85. The summed E-state index contributed by atoms with van der Waals surface area (Å²) < 4.78 is 0. The summed E-state index contributed by atoms with van der Waals surface area (Å²) in [7, 11) is 0. The Morgan fingerprint density at radius 2 is 1.92 bits per heavy atom. The molecule has 2 aromatic carbocycles. The highest BCUT2D eigenvalue weighted by Crippen LogP contribution is 2.29. The number of aromatic nitrogens is 1. The molecule has 1 aromatic heterocycles. The summed E-state index contributed by atoms with van der Waals surface area (Å²) in [6.07, 6.45) is 3.92.